The predicted molar refractivity (Wildman–Crippen MR) is 101 cm³/mol. The molecular formula is C21H22N2O4. The van der Waals surface area contributed by atoms with Crippen LogP contribution in [0.25, 0.3) is 0 Å². The van der Waals surface area contributed by atoms with Crippen molar-refractivity contribution >= 4 is 17.5 Å². The van der Waals surface area contributed by atoms with E-state index in [1.54, 1.807) is 12.0 Å². The molecule has 0 unspecified atom stereocenters. The fourth-order valence-corrected chi connectivity index (χ4v) is 3.75. The number of hydrogen-bond donors (Lipinski definition) is 1. The summed E-state index contributed by atoms with van der Waals surface area (Å²) in [6, 6.07) is 15.0. The number of nitrogens with one attached hydrogen (secondary N) is 1. The first-order valence-corrected chi connectivity index (χ1v) is 9.13. The molecule has 6 nitrogen and oxygen atoms in total. The Kier molecular flexibility index (Phi) is 4.71. The Labute approximate surface area is 158 Å². The Hall–Kier alpha value is -3.02. The SMILES string of the molecule is COc1ccccc1N1C[C@H](C(=O)N[C@H]2CCOc3ccccc32)CC1=O. The number of amides is 2. The van der Waals surface area contributed by atoms with E-state index in [9.17, 15) is 9.59 Å². The number of ether oxygens (including phenoxy) is 2. The van der Waals surface area contributed by atoms with Gasteiger partial charge in [0.25, 0.3) is 0 Å². The van der Waals surface area contributed by atoms with Gasteiger partial charge in [-0.2, -0.15) is 0 Å². The molecule has 0 aliphatic carbocycles. The highest BCUT2D eigenvalue weighted by Crippen LogP contribution is 2.34. The summed E-state index contributed by atoms with van der Waals surface area (Å²) in [6.45, 7) is 0.925. The van der Waals surface area contributed by atoms with E-state index < -0.39 is 0 Å². The van der Waals surface area contributed by atoms with Crippen LogP contribution in [0.2, 0.25) is 0 Å². The lowest BCUT2D eigenvalue weighted by atomic mass is 9.99. The van der Waals surface area contributed by atoms with Gasteiger partial charge in [0, 0.05) is 24.9 Å². The first-order chi connectivity index (χ1) is 13.2. The molecule has 1 fully saturated rings. The van der Waals surface area contributed by atoms with Gasteiger partial charge in [-0.3, -0.25) is 9.59 Å². The van der Waals surface area contributed by atoms with E-state index in [1.165, 1.54) is 0 Å². The Balaban J connectivity index is 1.47. The third kappa shape index (κ3) is 3.35. The van der Waals surface area contributed by atoms with Gasteiger partial charge in [-0.05, 0) is 18.2 Å². The highest BCUT2D eigenvalue weighted by molar-refractivity contribution is 6.01. The van der Waals surface area contributed by atoms with Crippen LogP contribution in [-0.2, 0) is 9.59 Å². The van der Waals surface area contributed by atoms with Crippen molar-refractivity contribution in [2.45, 2.75) is 18.9 Å². The van der Waals surface area contributed by atoms with E-state index in [2.05, 4.69) is 5.32 Å². The number of carbonyl (C=O) groups is 2. The molecule has 2 amide bonds. The third-order valence-electron chi connectivity index (χ3n) is 5.15. The van der Waals surface area contributed by atoms with Crippen LogP contribution in [0.3, 0.4) is 0 Å². The fraction of sp³-hybridized carbons (Fsp3) is 0.333. The first-order valence-electron chi connectivity index (χ1n) is 9.13. The van der Waals surface area contributed by atoms with E-state index in [-0.39, 0.29) is 30.2 Å². The number of hydrogen-bond acceptors (Lipinski definition) is 4. The number of benzene rings is 2. The van der Waals surface area contributed by atoms with Crippen LogP contribution < -0.4 is 19.7 Å². The molecule has 0 bridgehead atoms. The normalized spacial score (nSPS) is 21.4. The number of methoxy groups -OCH3 is 1. The Bertz CT molecular complexity index is 867. The standard InChI is InChI=1S/C21H22N2O4/c1-26-19-9-5-3-7-17(19)23-13-14(12-20(23)24)21(25)22-16-10-11-27-18-8-4-2-6-15(16)18/h2-9,14,16H,10-13H2,1H3,(H,22,25)/t14-,16+/m1/s1. The summed E-state index contributed by atoms with van der Waals surface area (Å²) in [5, 5.41) is 3.11. The second-order valence-corrected chi connectivity index (χ2v) is 6.81. The van der Waals surface area contributed by atoms with Crippen LogP contribution in [-0.4, -0.2) is 32.1 Å². The zero-order valence-electron chi connectivity index (χ0n) is 15.2. The van der Waals surface area contributed by atoms with Gasteiger partial charge in [-0.25, -0.2) is 0 Å². The minimum Gasteiger partial charge on any atom is -0.495 e. The average molecular weight is 366 g/mol. The van der Waals surface area contributed by atoms with E-state index in [0.29, 0.717) is 24.6 Å². The first kappa shape index (κ1) is 17.4. The highest BCUT2D eigenvalue weighted by atomic mass is 16.5. The molecule has 4 rings (SSSR count). The second-order valence-electron chi connectivity index (χ2n) is 6.81. The monoisotopic (exact) mass is 366 g/mol. The lowest BCUT2D eigenvalue weighted by Crippen LogP contribution is -2.37. The van der Waals surface area contributed by atoms with Crippen LogP contribution in [0.1, 0.15) is 24.4 Å². The van der Waals surface area contributed by atoms with E-state index in [1.807, 2.05) is 48.5 Å². The lowest BCUT2D eigenvalue weighted by Gasteiger charge is -2.27. The van der Waals surface area contributed by atoms with Gasteiger partial charge in [0.1, 0.15) is 11.5 Å². The summed E-state index contributed by atoms with van der Waals surface area (Å²) in [7, 11) is 1.58. The topological polar surface area (TPSA) is 67.9 Å². The maximum Gasteiger partial charge on any atom is 0.227 e. The molecule has 0 saturated carbocycles. The van der Waals surface area contributed by atoms with Gasteiger partial charge in [0.05, 0.1) is 31.4 Å². The minimum atomic E-state index is -0.377. The molecule has 0 aromatic heterocycles. The number of nitrogens with zero attached hydrogens (tertiary/aromatic N) is 1. The van der Waals surface area contributed by atoms with Crippen LogP contribution in [0, 0.1) is 5.92 Å². The van der Waals surface area contributed by atoms with Crippen LogP contribution in [0.5, 0.6) is 11.5 Å². The Morgan fingerprint density at radius 2 is 1.96 bits per heavy atom. The van der Waals surface area contributed by atoms with Gasteiger partial charge < -0.3 is 19.7 Å². The van der Waals surface area contributed by atoms with Crippen molar-refractivity contribution in [2.24, 2.45) is 5.92 Å². The molecule has 0 radical (unpaired) electrons. The smallest absolute Gasteiger partial charge is 0.227 e. The Morgan fingerprint density at radius 1 is 1.19 bits per heavy atom. The van der Waals surface area contributed by atoms with Gasteiger partial charge in [0.15, 0.2) is 0 Å². The molecule has 2 atom stereocenters. The van der Waals surface area contributed by atoms with Crippen molar-refractivity contribution < 1.29 is 19.1 Å². The van der Waals surface area contributed by atoms with Crippen LogP contribution in [0.15, 0.2) is 48.5 Å². The maximum absolute atomic E-state index is 12.8. The molecule has 140 valence electrons. The number of anilines is 1. The summed E-state index contributed by atoms with van der Waals surface area (Å²) >= 11 is 0. The Morgan fingerprint density at radius 3 is 2.81 bits per heavy atom. The zero-order chi connectivity index (χ0) is 18.8. The van der Waals surface area contributed by atoms with Crippen molar-refractivity contribution in [1.82, 2.24) is 5.32 Å². The summed E-state index contributed by atoms with van der Waals surface area (Å²) in [4.78, 5) is 27.0. The maximum atomic E-state index is 12.8. The summed E-state index contributed by atoms with van der Waals surface area (Å²) in [6.07, 6.45) is 0.925. The zero-order valence-corrected chi connectivity index (χ0v) is 15.2. The molecule has 2 aromatic rings. The molecule has 1 saturated heterocycles. The van der Waals surface area contributed by atoms with Gasteiger partial charge in [0.2, 0.25) is 11.8 Å². The number of rotatable bonds is 4. The van der Waals surface area contributed by atoms with Crippen LogP contribution in [0.4, 0.5) is 5.69 Å². The molecule has 2 aromatic carbocycles. The molecule has 6 heteroatoms. The van der Waals surface area contributed by atoms with E-state index in [4.69, 9.17) is 9.47 Å². The van der Waals surface area contributed by atoms with E-state index >= 15 is 0 Å². The number of carbonyl (C=O) groups excluding carboxylic acids is 2. The lowest BCUT2D eigenvalue weighted by molar-refractivity contribution is -0.127. The number of para-hydroxylation sites is 3. The van der Waals surface area contributed by atoms with Gasteiger partial charge >= 0.3 is 0 Å². The van der Waals surface area contributed by atoms with Crippen molar-refractivity contribution in [1.29, 1.82) is 0 Å². The summed E-state index contributed by atoms with van der Waals surface area (Å²) < 4.78 is 11.0. The van der Waals surface area contributed by atoms with Crippen LogP contribution >= 0.6 is 0 Å². The molecule has 0 spiro atoms. The second kappa shape index (κ2) is 7.31. The molecule has 2 aliphatic heterocycles. The van der Waals surface area contributed by atoms with Crippen molar-refractivity contribution in [3.63, 3.8) is 0 Å². The fourth-order valence-electron chi connectivity index (χ4n) is 3.75. The summed E-state index contributed by atoms with van der Waals surface area (Å²) in [5.41, 5.74) is 1.69. The third-order valence-corrected chi connectivity index (χ3v) is 5.15. The van der Waals surface area contributed by atoms with Crippen molar-refractivity contribution in [2.75, 3.05) is 25.2 Å². The molecule has 2 aliphatic rings. The largest absolute Gasteiger partial charge is 0.495 e. The average Bonchev–Trinajstić information content (AvgIpc) is 3.10. The molecule has 1 N–H and O–H groups in total. The summed E-state index contributed by atoms with van der Waals surface area (Å²) in [5.74, 6) is 0.907. The van der Waals surface area contributed by atoms with Crippen molar-refractivity contribution in [3.05, 3.63) is 54.1 Å². The van der Waals surface area contributed by atoms with Crippen molar-refractivity contribution in [3.8, 4) is 11.5 Å². The predicted octanol–water partition coefficient (Wildman–Crippen LogP) is 2.69. The number of fused-ring (bicyclic) bond motifs is 1. The van der Waals surface area contributed by atoms with Gasteiger partial charge in [-0.15, -0.1) is 0 Å². The molecular weight excluding hydrogens is 344 g/mol. The quantitative estimate of drug-likeness (QED) is 0.903. The van der Waals surface area contributed by atoms with Gasteiger partial charge in [-0.1, -0.05) is 30.3 Å². The highest BCUT2D eigenvalue weighted by Gasteiger charge is 2.37. The van der Waals surface area contributed by atoms with E-state index in [0.717, 1.165) is 17.7 Å². The minimum absolute atomic E-state index is 0.0629. The molecule has 27 heavy (non-hydrogen) atoms. The molecule has 2 heterocycles.